The van der Waals surface area contributed by atoms with Crippen molar-refractivity contribution in [2.45, 2.75) is 19.1 Å². The van der Waals surface area contributed by atoms with Crippen molar-refractivity contribution in [2.24, 2.45) is 5.73 Å². The van der Waals surface area contributed by atoms with Crippen LogP contribution in [0.2, 0.25) is 0 Å². The molecule has 0 aliphatic heterocycles. The summed E-state index contributed by atoms with van der Waals surface area (Å²) in [5.74, 6) is 0. The molecule has 2 heteroatoms. The van der Waals surface area contributed by atoms with E-state index in [0.29, 0.717) is 0 Å². The summed E-state index contributed by atoms with van der Waals surface area (Å²) in [7, 11) is 1.58. The highest BCUT2D eigenvalue weighted by Gasteiger charge is 2.06. The number of rotatable bonds is 3. The molecule has 2 N–H and O–H groups in total. The molecular formula is C19H13NO. The van der Waals surface area contributed by atoms with Gasteiger partial charge in [0.25, 0.3) is 0 Å². The van der Waals surface area contributed by atoms with Crippen LogP contribution in [-0.2, 0) is 4.74 Å². The fraction of sp³-hybridized carbons (Fsp3) is 0.211. The van der Waals surface area contributed by atoms with Gasteiger partial charge in [-0.15, -0.1) is 0 Å². The average molecular weight is 271 g/mol. The van der Waals surface area contributed by atoms with Crippen LogP contribution in [0.4, 0.5) is 0 Å². The van der Waals surface area contributed by atoms with E-state index in [-0.39, 0.29) is 12.1 Å². The highest BCUT2D eigenvalue weighted by atomic mass is 16.5. The number of methoxy groups -OCH3 is 1. The molecule has 2 nitrogen and oxygen atoms in total. The summed E-state index contributed by atoms with van der Waals surface area (Å²) in [4.78, 5) is 0. The molecule has 0 radical (unpaired) electrons. The molecule has 0 rings (SSSR count). The van der Waals surface area contributed by atoms with E-state index in [1.165, 1.54) is 0 Å². The van der Waals surface area contributed by atoms with E-state index in [2.05, 4.69) is 81.1 Å². The Hall–Kier alpha value is -3.20. The molecule has 0 aromatic heterocycles. The monoisotopic (exact) mass is 271 g/mol. The van der Waals surface area contributed by atoms with Crippen molar-refractivity contribution < 1.29 is 4.74 Å². The van der Waals surface area contributed by atoms with Gasteiger partial charge in [0, 0.05) is 13.2 Å². The molecule has 0 aliphatic rings. The SMILES string of the molecule is C=C=C=C=C=C=C=C=C=C=C=C=C=C=C[C@@H](OC)[C@H](C)N. The summed E-state index contributed by atoms with van der Waals surface area (Å²) in [5, 5.41) is 0. The molecular weight excluding hydrogens is 258 g/mol. The second-order valence-electron chi connectivity index (χ2n) is 3.42. The summed E-state index contributed by atoms with van der Waals surface area (Å²) in [6, 6.07) is -0.123. The van der Waals surface area contributed by atoms with Crippen LogP contribution in [0.3, 0.4) is 0 Å². The van der Waals surface area contributed by atoms with Crippen molar-refractivity contribution >= 4 is 0 Å². The van der Waals surface area contributed by atoms with Gasteiger partial charge < -0.3 is 10.5 Å². The summed E-state index contributed by atoms with van der Waals surface area (Å²) >= 11 is 0. The zero-order valence-electron chi connectivity index (χ0n) is 11.9. The first kappa shape index (κ1) is 17.8. The average Bonchev–Trinajstić information content (AvgIpc) is 2.47. The highest BCUT2D eigenvalue weighted by Crippen LogP contribution is 1.94. The van der Waals surface area contributed by atoms with Crippen molar-refractivity contribution in [1.29, 1.82) is 0 Å². The lowest BCUT2D eigenvalue weighted by Gasteiger charge is -2.12. The minimum Gasteiger partial charge on any atom is -0.375 e. The molecule has 0 amide bonds. The Morgan fingerprint density at radius 3 is 1.67 bits per heavy atom. The van der Waals surface area contributed by atoms with Crippen LogP contribution in [0.25, 0.3) is 0 Å². The van der Waals surface area contributed by atoms with Gasteiger partial charge in [-0.3, -0.25) is 0 Å². The van der Waals surface area contributed by atoms with Crippen LogP contribution in [0.15, 0.2) is 87.2 Å². The van der Waals surface area contributed by atoms with Crippen LogP contribution >= 0.6 is 0 Å². The quantitative estimate of drug-likeness (QED) is 0.801. The smallest absolute Gasteiger partial charge is 0.0980 e. The fourth-order valence-electron chi connectivity index (χ4n) is 0.920. The van der Waals surface area contributed by atoms with Crippen molar-refractivity contribution in [2.75, 3.05) is 7.11 Å². The molecule has 0 aromatic rings. The molecule has 0 saturated carbocycles. The molecule has 0 unspecified atom stereocenters. The van der Waals surface area contributed by atoms with Gasteiger partial charge in [-0.05, 0) is 82.6 Å². The Morgan fingerprint density at radius 1 is 0.857 bits per heavy atom. The Balaban J connectivity index is 5.43. The van der Waals surface area contributed by atoms with E-state index in [1.807, 2.05) is 6.92 Å². The second kappa shape index (κ2) is 13.2. The first-order valence-corrected chi connectivity index (χ1v) is 5.86. The molecule has 0 spiro atoms. The maximum atomic E-state index is 5.67. The van der Waals surface area contributed by atoms with E-state index in [4.69, 9.17) is 10.5 Å². The molecule has 21 heavy (non-hydrogen) atoms. The van der Waals surface area contributed by atoms with Gasteiger partial charge in [0.1, 0.15) is 0 Å². The summed E-state index contributed by atoms with van der Waals surface area (Å²) in [6.07, 6.45) is 1.45. The maximum absolute atomic E-state index is 5.67. The lowest BCUT2D eigenvalue weighted by molar-refractivity contribution is 0.123. The maximum Gasteiger partial charge on any atom is 0.0980 e. The topological polar surface area (TPSA) is 35.2 Å². The Morgan fingerprint density at radius 2 is 1.29 bits per heavy atom. The van der Waals surface area contributed by atoms with E-state index in [9.17, 15) is 0 Å². The highest BCUT2D eigenvalue weighted by molar-refractivity contribution is 4.95. The summed E-state index contributed by atoms with van der Waals surface area (Å²) in [6.45, 7) is 5.15. The standard InChI is InChI=1S/C19H13NO/c1-4-5-6-7-8-9-10-11-12-13-14-15-16-17-19(21-3)18(2)20/h17-19H,1,20H2,2-3H3/t18-,19+/m0/s1. The summed E-state index contributed by atoms with van der Waals surface area (Å²) < 4.78 is 5.11. The van der Waals surface area contributed by atoms with Gasteiger partial charge in [0.15, 0.2) is 0 Å². The largest absolute Gasteiger partial charge is 0.375 e. The van der Waals surface area contributed by atoms with Crippen molar-refractivity contribution in [3.8, 4) is 0 Å². The Labute approximate surface area is 124 Å². The van der Waals surface area contributed by atoms with E-state index >= 15 is 0 Å². The molecule has 0 saturated heterocycles. The van der Waals surface area contributed by atoms with Gasteiger partial charge in [0.05, 0.1) is 6.10 Å². The Bertz CT molecular complexity index is 838. The first-order valence-electron chi connectivity index (χ1n) is 5.86. The molecule has 0 heterocycles. The fourth-order valence-corrected chi connectivity index (χ4v) is 0.920. The van der Waals surface area contributed by atoms with Crippen LogP contribution < -0.4 is 5.73 Å². The molecule has 0 bridgehead atoms. The van der Waals surface area contributed by atoms with Crippen LogP contribution in [0.5, 0.6) is 0 Å². The lowest BCUT2D eigenvalue weighted by Crippen LogP contribution is -2.31. The number of hydrogen-bond donors (Lipinski definition) is 1. The van der Waals surface area contributed by atoms with Gasteiger partial charge in [-0.25, -0.2) is 0 Å². The van der Waals surface area contributed by atoms with Crippen molar-refractivity contribution in [3.05, 3.63) is 87.2 Å². The lowest BCUT2D eigenvalue weighted by atomic mass is 10.2. The van der Waals surface area contributed by atoms with E-state index in [0.717, 1.165) is 0 Å². The third-order valence-electron chi connectivity index (χ3n) is 1.82. The van der Waals surface area contributed by atoms with Gasteiger partial charge in [0.2, 0.25) is 0 Å². The predicted molar refractivity (Wildman–Crippen MR) is 80.3 cm³/mol. The number of ether oxygens (including phenoxy) is 1. The van der Waals surface area contributed by atoms with Crippen molar-refractivity contribution in [1.82, 2.24) is 0 Å². The van der Waals surface area contributed by atoms with Gasteiger partial charge in [-0.2, -0.15) is 0 Å². The predicted octanol–water partition coefficient (Wildman–Crippen LogP) is 2.55. The second-order valence-corrected chi connectivity index (χ2v) is 3.42. The van der Waals surface area contributed by atoms with Crippen LogP contribution in [-0.4, -0.2) is 19.3 Å². The summed E-state index contributed by atoms with van der Waals surface area (Å²) in [5.41, 5.74) is 38.5. The van der Waals surface area contributed by atoms with E-state index < -0.39 is 0 Å². The molecule has 100 valence electrons. The zero-order chi connectivity index (χ0) is 15.8. The number of hydrogen-bond acceptors (Lipinski definition) is 2. The van der Waals surface area contributed by atoms with Crippen molar-refractivity contribution in [3.63, 3.8) is 0 Å². The molecule has 0 aliphatic carbocycles. The molecule has 0 fully saturated rings. The van der Waals surface area contributed by atoms with Gasteiger partial charge >= 0.3 is 0 Å². The third kappa shape index (κ3) is 11.6. The van der Waals surface area contributed by atoms with Crippen LogP contribution in [0.1, 0.15) is 6.92 Å². The third-order valence-corrected chi connectivity index (χ3v) is 1.82. The zero-order valence-corrected chi connectivity index (χ0v) is 11.9. The molecule has 2 atom stereocenters. The normalized spacial score (nSPS) is 9.10. The van der Waals surface area contributed by atoms with Gasteiger partial charge in [-0.1, -0.05) is 11.5 Å². The number of nitrogens with two attached hydrogens (primary N) is 1. The van der Waals surface area contributed by atoms with Crippen LogP contribution in [0, 0.1) is 0 Å². The Kier molecular flexibility index (Phi) is 11.2. The molecule has 0 aromatic carbocycles. The minimum absolute atomic E-state index is 0.123. The first-order chi connectivity index (χ1) is 10.2. The minimum atomic E-state index is -0.211. The van der Waals surface area contributed by atoms with E-state index in [1.54, 1.807) is 13.2 Å².